The van der Waals surface area contributed by atoms with Crippen LogP contribution in [0.4, 0.5) is 11.4 Å². The van der Waals surface area contributed by atoms with Crippen LogP contribution in [0.5, 0.6) is 0 Å². The number of hydrogen-bond donors (Lipinski definition) is 2. The number of nitrogens with one attached hydrogen (secondary N) is 2. The summed E-state index contributed by atoms with van der Waals surface area (Å²) >= 11 is 0. The normalized spacial score (nSPS) is 10.5. The lowest BCUT2D eigenvalue weighted by molar-refractivity contribution is -0.254. The van der Waals surface area contributed by atoms with Gasteiger partial charge in [0.05, 0.1) is 17.6 Å². The maximum absolute atomic E-state index is 13.2. The van der Waals surface area contributed by atoms with Crippen molar-refractivity contribution >= 4 is 29.2 Å². The number of carbonyl (C=O) groups excluding carboxylic acids is 3. The second kappa shape index (κ2) is 10.3. The molecule has 0 fully saturated rings. The molecule has 4 rings (SSSR count). The van der Waals surface area contributed by atoms with Gasteiger partial charge in [0.1, 0.15) is 0 Å². The summed E-state index contributed by atoms with van der Waals surface area (Å²) in [6.45, 7) is 0. The Morgan fingerprint density at radius 2 is 1.15 bits per heavy atom. The first-order valence-electron chi connectivity index (χ1n) is 10.7. The first-order valence-corrected chi connectivity index (χ1v) is 10.7. The van der Waals surface area contributed by atoms with Crippen molar-refractivity contribution in [2.75, 3.05) is 10.6 Å². The molecule has 0 bridgehead atoms. The molecule has 0 radical (unpaired) electrons. The first kappa shape index (κ1) is 22.5. The average Bonchev–Trinajstić information content (AvgIpc) is 2.86. The second-order valence-corrected chi connectivity index (χ2v) is 7.61. The van der Waals surface area contributed by atoms with Crippen LogP contribution in [0.3, 0.4) is 0 Å². The molecule has 0 saturated heterocycles. The minimum atomic E-state index is -1.37. The summed E-state index contributed by atoms with van der Waals surface area (Å²) in [7, 11) is 0. The van der Waals surface area contributed by atoms with Crippen molar-refractivity contribution in [3.8, 4) is 0 Å². The van der Waals surface area contributed by atoms with E-state index in [0.717, 1.165) is 11.1 Å². The lowest BCUT2D eigenvalue weighted by atomic mass is 9.90. The van der Waals surface area contributed by atoms with Crippen LogP contribution in [0, 0.1) is 0 Å². The number of hydrogen-bond acceptors (Lipinski definition) is 4. The van der Waals surface area contributed by atoms with Gasteiger partial charge in [0.15, 0.2) is 0 Å². The van der Waals surface area contributed by atoms with E-state index in [4.69, 9.17) is 0 Å². The van der Waals surface area contributed by atoms with E-state index in [1.54, 1.807) is 36.4 Å². The van der Waals surface area contributed by atoms with E-state index in [-0.39, 0.29) is 17.2 Å². The Hall–Kier alpha value is -4.71. The molecule has 2 amide bonds. The number of para-hydroxylation sites is 1. The quantitative estimate of drug-likeness (QED) is 0.444. The number of carbonyl (C=O) groups is 3. The van der Waals surface area contributed by atoms with Gasteiger partial charge in [-0.2, -0.15) is 0 Å². The minimum absolute atomic E-state index is 0.104. The Balaban J connectivity index is 1.50. The van der Waals surface area contributed by atoms with Gasteiger partial charge in [-0.1, -0.05) is 78.9 Å². The van der Waals surface area contributed by atoms with Gasteiger partial charge in [0.25, 0.3) is 5.91 Å². The van der Waals surface area contributed by atoms with Gasteiger partial charge in [-0.25, -0.2) is 0 Å². The number of anilines is 2. The molecule has 2 N–H and O–H groups in total. The Kier molecular flexibility index (Phi) is 6.79. The van der Waals surface area contributed by atoms with Crippen LogP contribution in [0.2, 0.25) is 0 Å². The highest BCUT2D eigenvalue weighted by atomic mass is 16.4. The highest BCUT2D eigenvalue weighted by Gasteiger charge is 2.22. The molecule has 0 saturated carbocycles. The number of carboxylic acids is 1. The number of amides is 2. The van der Waals surface area contributed by atoms with Crippen LogP contribution in [0.15, 0.2) is 109 Å². The number of aromatic carboxylic acids is 1. The van der Waals surface area contributed by atoms with E-state index >= 15 is 0 Å². The summed E-state index contributed by atoms with van der Waals surface area (Å²) in [5.41, 5.74) is 2.64. The third-order valence-electron chi connectivity index (χ3n) is 5.34. The molecule has 0 atom stereocenters. The first-order chi connectivity index (χ1) is 16.5. The van der Waals surface area contributed by atoms with E-state index in [1.165, 1.54) is 12.1 Å². The van der Waals surface area contributed by atoms with Gasteiger partial charge in [-0.3, -0.25) is 9.59 Å². The predicted octanol–water partition coefficient (Wildman–Crippen LogP) is 4.07. The maximum atomic E-state index is 13.2. The topological polar surface area (TPSA) is 98.3 Å². The fourth-order valence-corrected chi connectivity index (χ4v) is 3.67. The van der Waals surface area contributed by atoms with E-state index < -0.39 is 17.8 Å². The summed E-state index contributed by atoms with van der Waals surface area (Å²) in [5.74, 6) is -2.54. The predicted molar refractivity (Wildman–Crippen MR) is 129 cm³/mol. The van der Waals surface area contributed by atoms with Crippen molar-refractivity contribution in [1.29, 1.82) is 0 Å². The third-order valence-corrected chi connectivity index (χ3v) is 5.34. The molecule has 4 aromatic carbocycles. The summed E-state index contributed by atoms with van der Waals surface area (Å²) in [6.07, 6.45) is 0. The molecule has 0 heterocycles. The zero-order chi connectivity index (χ0) is 23.9. The van der Waals surface area contributed by atoms with Gasteiger partial charge < -0.3 is 20.5 Å². The van der Waals surface area contributed by atoms with E-state index in [2.05, 4.69) is 10.6 Å². The van der Waals surface area contributed by atoms with Gasteiger partial charge in [-0.05, 0) is 41.5 Å². The summed E-state index contributed by atoms with van der Waals surface area (Å²) < 4.78 is 0. The highest BCUT2D eigenvalue weighted by Crippen LogP contribution is 2.26. The smallest absolute Gasteiger partial charge is 0.255 e. The molecule has 0 aliphatic carbocycles. The SMILES string of the molecule is O=C(Nc1ccccc1C(=O)[O-])c1ccc(NC(=O)C(c2ccccc2)c2ccccc2)cc1. The lowest BCUT2D eigenvalue weighted by Gasteiger charge is -2.18. The number of rotatable bonds is 7. The standard InChI is InChI=1S/C28H22N2O4/c31-26(30-24-14-8-7-13-23(24)28(33)34)21-15-17-22(18-16-21)29-27(32)25(19-9-3-1-4-10-19)20-11-5-2-6-12-20/h1-18,25H,(H,29,32)(H,30,31)(H,33,34)/p-1. The molecule has 0 aliphatic rings. The zero-order valence-electron chi connectivity index (χ0n) is 18.1. The summed E-state index contributed by atoms with van der Waals surface area (Å²) in [5, 5.41) is 16.7. The zero-order valence-corrected chi connectivity index (χ0v) is 18.1. The largest absolute Gasteiger partial charge is 0.545 e. The molecule has 0 unspecified atom stereocenters. The van der Waals surface area contributed by atoms with Crippen molar-refractivity contribution in [2.24, 2.45) is 0 Å². The molecule has 0 aliphatic heterocycles. The molecule has 6 heteroatoms. The maximum Gasteiger partial charge on any atom is 0.255 e. The molecular formula is C28H21N2O4-. The van der Waals surface area contributed by atoms with Gasteiger partial charge in [0.2, 0.25) is 5.91 Å². The van der Waals surface area contributed by atoms with Crippen LogP contribution < -0.4 is 15.7 Å². The molecule has 168 valence electrons. The van der Waals surface area contributed by atoms with Gasteiger partial charge in [0, 0.05) is 16.8 Å². The molecule has 34 heavy (non-hydrogen) atoms. The minimum Gasteiger partial charge on any atom is -0.545 e. The Bertz CT molecular complexity index is 1260. The molecule has 4 aromatic rings. The molecule has 0 spiro atoms. The molecular weight excluding hydrogens is 428 g/mol. The van der Waals surface area contributed by atoms with E-state index in [9.17, 15) is 19.5 Å². The molecule has 0 aromatic heterocycles. The van der Waals surface area contributed by atoms with Gasteiger partial charge >= 0.3 is 0 Å². The summed E-state index contributed by atoms with van der Waals surface area (Å²) in [4.78, 5) is 37.1. The third kappa shape index (κ3) is 5.19. The molecule has 6 nitrogen and oxygen atoms in total. The number of carboxylic acid groups (broad SMARTS) is 1. The van der Waals surface area contributed by atoms with Crippen molar-refractivity contribution < 1.29 is 19.5 Å². The van der Waals surface area contributed by atoms with Crippen LogP contribution in [0.25, 0.3) is 0 Å². The monoisotopic (exact) mass is 449 g/mol. The van der Waals surface area contributed by atoms with Crippen molar-refractivity contribution in [2.45, 2.75) is 5.92 Å². The Morgan fingerprint density at radius 1 is 0.618 bits per heavy atom. The fourth-order valence-electron chi connectivity index (χ4n) is 3.67. The van der Waals surface area contributed by atoms with E-state index in [0.29, 0.717) is 11.3 Å². The van der Waals surface area contributed by atoms with Crippen LogP contribution in [0.1, 0.15) is 37.8 Å². The Labute approximate surface area is 196 Å². The summed E-state index contributed by atoms with van der Waals surface area (Å²) in [6, 6.07) is 31.4. The van der Waals surface area contributed by atoms with E-state index in [1.807, 2.05) is 60.7 Å². The number of benzene rings is 4. The van der Waals surface area contributed by atoms with Crippen molar-refractivity contribution in [3.05, 3.63) is 131 Å². The van der Waals surface area contributed by atoms with Crippen LogP contribution >= 0.6 is 0 Å². The van der Waals surface area contributed by atoms with Crippen LogP contribution in [-0.4, -0.2) is 17.8 Å². The van der Waals surface area contributed by atoms with Crippen LogP contribution in [-0.2, 0) is 4.79 Å². The van der Waals surface area contributed by atoms with Gasteiger partial charge in [-0.15, -0.1) is 0 Å². The fraction of sp³-hybridized carbons (Fsp3) is 0.0357. The van der Waals surface area contributed by atoms with Crippen molar-refractivity contribution in [3.63, 3.8) is 0 Å². The second-order valence-electron chi connectivity index (χ2n) is 7.61. The Morgan fingerprint density at radius 3 is 1.71 bits per heavy atom. The van der Waals surface area contributed by atoms with Crippen molar-refractivity contribution in [1.82, 2.24) is 0 Å². The highest BCUT2D eigenvalue weighted by molar-refractivity contribution is 6.07. The average molecular weight is 449 g/mol. The lowest BCUT2D eigenvalue weighted by Crippen LogP contribution is -2.24.